The number of aliphatic imine (C=N–C) groups is 1. The van der Waals surface area contributed by atoms with Crippen molar-refractivity contribution in [2.24, 2.45) is 12.0 Å². The van der Waals surface area contributed by atoms with Gasteiger partial charge in [0.15, 0.2) is 5.96 Å². The van der Waals surface area contributed by atoms with Crippen LogP contribution in [0.2, 0.25) is 0 Å². The first kappa shape index (κ1) is 19.5. The van der Waals surface area contributed by atoms with E-state index in [0.717, 1.165) is 31.9 Å². The average Bonchev–Trinajstić information content (AvgIpc) is 2.93. The zero-order valence-electron chi connectivity index (χ0n) is 14.2. The van der Waals surface area contributed by atoms with E-state index in [1.165, 1.54) is 11.3 Å². The third-order valence-electron chi connectivity index (χ3n) is 3.79. The normalized spacial score (nSPS) is 11.0. The third kappa shape index (κ3) is 6.25. The maximum atomic E-state index is 4.36. The van der Waals surface area contributed by atoms with Crippen molar-refractivity contribution in [1.82, 2.24) is 14.8 Å². The van der Waals surface area contributed by atoms with Crippen molar-refractivity contribution < 1.29 is 0 Å². The zero-order chi connectivity index (χ0) is 15.8. The summed E-state index contributed by atoms with van der Waals surface area (Å²) in [5.74, 6) is 0.939. The minimum atomic E-state index is 0. The predicted octanol–water partition coefficient (Wildman–Crippen LogP) is 3.28. The van der Waals surface area contributed by atoms with Gasteiger partial charge in [0.1, 0.15) is 0 Å². The summed E-state index contributed by atoms with van der Waals surface area (Å²) in [6.45, 7) is 1.78. The van der Waals surface area contributed by atoms with Crippen molar-refractivity contribution in [3.8, 4) is 0 Å². The lowest BCUT2D eigenvalue weighted by molar-refractivity contribution is 0.461. The van der Waals surface area contributed by atoms with Crippen molar-refractivity contribution in [2.75, 3.05) is 20.6 Å². The fraction of sp³-hybridized carbons (Fsp3) is 0.389. The van der Waals surface area contributed by atoms with Crippen molar-refractivity contribution >= 4 is 29.9 Å². The van der Waals surface area contributed by atoms with Crippen molar-refractivity contribution in [3.63, 3.8) is 0 Å². The highest BCUT2D eigenvalue weighted by molar-refractivity contribution is 14.0. The summed E-state index contributed by atoms with van der Waals surface area (Å²) in [6, 6.07) is 14.8. The lowest BCUT2D eigenvalue weighted by Crippen LogP contribution is -2.39. The summed E-state index contributed by atoms with van der Waals surface area (Å²) in [5.41, 5.74) is 2.66. The van der Waals surface area contributed by atoms with Gasteiger partial charge < -0.3 is 14.8 Å². The minimum absolute atomic E-state index is 0. The molecule has 1 N–H and O–H groups in total. The van der Waals surface area contributed by atoms with Gasteiger partial charge in [-0.3, -0.25) is 4.99 Å². The third-order valence-corrected chi connectivity index (χ3v) is 3.79. The van der Waals surface area contributed by atoms with E-state index in [4.69, 9.17) is 0 Å². The van der Waals surface area contributed by atoms with Crippen LogP contribution < -0.4 is 5.32 Å². The number of aryl methyl sites for hydroxylation is 2. The Balaban J connectivity index is 0.00000264. The Hall–Kier alpha value is -1.50. The number of nitrogens with zero attached hydrogens (tertiary/aromatic N) is 3. The second kappa shape index (κ2) is 10.3. The van der Waals surface area contributed by atoms with Crippen LogP contribution in [0, 0.1) is 0 Å². The molecular formula is C18H27IN4. The second-order valence-electron chi connectivity index (χ2n) is 5.53. The molecule has 0 saturated carbocycles. The van der Waals surface area contributed by atoms with E-state index in [1.807, 2.05) is 7.05 Å². The molecule has 1 heterocycles. The molecule has 4 nitrogen and oxygen atoms in total. The van der Waals surface area contributed by atoms with E-state index >= 15 is 0 Å². The predicted molar refractivity (Wildman–Crippen MR) is 108 cm³/mol. The van der Waals surface area contributed by atoms with Crippen molar-refractivity contribution in [2.45, 2.75) is 19.4 Å². The molecule has 0 aliphatic carbocycles. The largest absolute Gasteiger partial charge is 0.356 e. The highest BCUT2D eigenvalue weighted by Crippen LogP contribution is 2.04. The molecule has 0 amide bonds. The quantitative estimate of drug-likeness (QED) is 0.333. The fourth-order valence-corrected chi connectivity index (χ4v) is 2.50. The number of hydrogen-bond acceptors (Lipinski definition) is 1. The van der Waals surface area contributed by atoms with E-state index in [2.05, 4.69) is 82.5 Å². The average molecular weight is 426 g/mol. The monoisotopic (exact) mass is 426 g/mol. The van der Waals surface area contributed by atoms with Gasteiger partial charge in [-0.15, -0.1) is 24.0 Å². The number of halogens is 1. The van der Waals surface area contributed by atoms with E-state index in [0.29, 0.717) is 0 Å². The SMILES string of the molecule is CN=C(NCCCc1ccccc1)N(C)Cc1cccn1C.I. The number of benzene rings is 1. The summed E-state index contributed by atoms with van der Waals surface area (Å²) >= 11 is 0. The van der Waals surface area contributed by atoms with Gasteiger partial charge >= 0.3 is 0 Å². The second-order valence-corrected chi connectivity index (χ2v) is 5.53. The summed E-state index contributed by atoms with van der Waals surface area (Å²) < 4.78 is 2.14. The molecule has 1 aromatic heterocycles. The maximum absolute atomic E-state index is 4.36. The summed E-state index contributed by atoms with van der Waals surface area (Å²) in [5, 5.41) is 3.44. The van der Waals surface area contributed by atoms with Gasteiger partial charge in [-0.25, -0.2) is 0 Å². The molecule has 0 radical (unpaired) electrons. The fourth-order valence-electron chi connectivity index (χ4n) is 2.50. The highest BCUT2D eigenvalue weighted by Gasteiger charge is 2.07. The molecule has 0 bridgehead atoms. The topological polar surface area (TPSA) is 32.6 Å². The van der Waals surface area contributed by atoms with Crippen LogP contribution in [-0.4, -0.2) is 36.1 Å². The van der Waals surface area contributed by atoms with E-state index in [-0.39, 0.29) is 24.0 Å². The Morgan fingerprint density at radius 2 is 1.91 bits per heavy atom. The van der Waals surface area contributed by atoms with Crippen LogP contribution in [0.25, 0.3) is 0 Å². The molecule has 0 unspecified atom stereocenters. The van der Waals surface area contributed by atoms with Crippen LogP contribution in [0.1, 0.15) is 17.7 Å². The Bertz CT molecular complexity index is 592. The molecule has 0 aliphatic rings. The molecule has 0 spiro atoms. The molecule has 2 rings (SSSR count). The number of guanidine groups is 1. The first-order chi connectivity index (χ1) is 10.7. The van der Waals surface area contributed by atoms with Gasteiger partial charge in [0.2, 0.25) is 0 Å². The molecule has 5 heteroatoms. The molecule has 1 aromatic carbocycles. The van der Waals surface area contributed by atoms with Crippen LogP contribution in [0.15, 0.2) is 53.7 Å². The van der Waals surface area contributed by atoms with Crippen LogP contribution in [0.4, 0.5) is 0 Å². The van der Waals surface area contributed by atoms with Gasteiger partial charge in [-0.05, 0) is 30.5 Å². The summed E-state index contributed by atoms with van der Waals surface area (Å²) in [4.78, 5) is 6.52. The van der Waals surface area contributed by atoms with Crippen LogP contribution in [-0.2, 0) is 20.0 Å². The standard InChI is InChI=1S/C18H26N4.HI/c1-19-18(22(3)15-17-12-8-14-21(17)2)20-13-7-11-16-9-5-4-6-10-16;/h4-6,8-10,12,14H,7,11,13,15H2,1-3H3,(H,19,20);1H. The number of hydrogen-bond donors (Lipinski definition) is 1. The lowest BCUT2D eigenvalue weighted by atomic mass is 10.1. The van der Waals surface area contributed by atoms with E-state index in [9.17, 15) is 0 Å². The Morgan fingerprint density at radius 1 is 1.17 bits per heavy atom. The van der Waals surface area contributed by atoms with Gasteiger partial charge in [0.25, 0.3) is 0 Å². The Morgan fingerprint density at radius 3 is 2.52 bits per heavy atom. The number of rotatable bonds is 6. The van der Waals surface area contributed by atoms with Crippen LogP contribution in [0.3, 0.4) is 0 Å². The van der Waals surface area contributed by atoms with Gasteiger partial charge in [-0.1, -0.05) is 30.3 Å². The zero-order valence-corrected chi connectivity index (χ0v) is 16.5. The molecule has 0 fully saturated rings. The van der Waals surface area contributed by atoms with Gasteiger partial charge in [-0.2, -0.15) is 0 Å². The van der Waals surface area contributed by atoms with Crippen LogP contribution >= 0.6 is 24.0 Å². The maximum Gasteiger partial charge on any atom is 0.193 e. The highest BCUT2D eigenvalue weighted by atomic mass is 127. The van der Waals surface area contributed by atoms with Crippen molar-refractivity contribution in [1.29, 1.82) is 0 Å². The van der Waals surface area contributed by atoms with Crippen molar-refractivity contribution in [3.05, 3.63) is 59.9 Å². The van der Waals surface area contributed by atoms with Gasteiger partial charge in [0, 0.05) is 39.6 Å². The summed E-state index contributed by atoms with van der Waals surface area (Å²) in [6.07, 6.45) is 4.26. The molecule has 0 saturated heterocycles. The number of nitrogens with one attached hydrogen (secondary N) is 1. The van der Waals surface area contributed by atoms with E-state index in [1.54, 1.807) is 0 Å². The number of aromatic nitrogens is 1. The smallest absolute Gasteiger partial charge is 0.193 e. The molecule has 23 heavy (non-hydrogen) atoms. The van der Waals surface area contributed by atoms with Gasteiger partial charge in [0.05, 0.1) is 6.54 Å². The molecule has 2 aromatic rings. The molecule has 126 valence electrons. The minimum Gasteiger partial charge on any atom is -0.356 e. The Labute approximate surface area is 156 Å². The molecule has 0 aliphatic heterocycles. The lowest BCUT2D eigenvalue weighted by Gasteiger charge is -2.22. The van der Waals surface area contributed by atoms with E-state index < -0.39 is 0 Å². The first-order valence-electron chi connectivity index (χ1n) is 7.76. The van der Waals surface area contributed by atoms with Crippen LogP contribution in [0.5, 0.6) is 0 Å². The Kier molecular flexibility index (Phi) is 8.76. The summed E-state index contributed by atoms with van der Waals surface area (Å²) in [7, 11) is 5.97. The molecule has 0 atom stereocenters. The molecular weight excluding hydrogens is 399 g/mol. The first-order valence-corrected chi connectivity index (χ1v) is 7.76.